The monoisotopic (exact) mass is 297 g/mol. The first-order valence-corrected chi connectivity index (χ1v) is 6.73. The lowest BCUT2D eigenvalue weighted by Gasteiger charge is -2.05. The van der Waals surface area contributed by atoms with Gasteiger partial charge in [0.1, 0.15) is 5.82 Å². The first-order chi connectivity index (χ1) is 10.7. The van der Waals surface area contributed by atoms with Crippen molar-refractivity contribution in [2.24, 2.45) is 7.05 Å². The number of fused-ring (bicyclic) bond motifs is 1. The molecule has 0 fully saturated rings. The molecule has 0 unspecified atom stereocenters. The topological polar surface area (TPSA) is 81.9 Å². The van der Waals surface area contributed by atoms with Gasteiger partial charge in [-0.2, -0.15) is 0 Å². The molecule has 22 heavy (non-hydrogen) atoms. The fraction of sp³-hybridized carbons (Fsp3) is 0.200. The van der Waals surface area contributed by atoms with Crippen LogP contribution >= 0.6 is 0 Å². The lowest BCUT2D eigenvalue weighted by molar-refractivity contribution is 0.0948. The van der Waals surface area contributed by atoms with Gasteiger partial charge in [0.25, 0.3) is 5.91 Å². The van der Waals surface area contributed by atoms with Crippen molar-refractivity contribution in [2.45, 2.75) is 6.54 Å². The van der Waals surface area contributed by atoms with Crippen LogP contribution in [0.15, 0.2) is 36.7 Å². The van der Waals surface area contributed by atoms with Crippen LogP contribution in [0.4, 0.5) is 0 Å². The molecule has 0 spiro atoms. The summed E-state index contributed by atoms with van der Waals surface area (Å²) in [5, 5.41) is 2.81. The maximum absolute atomic E-state index is 12.1. The van der Waals surface area contributed by atoms with Crippen LogP contribution in [0.2, 0.25) is 0 Å². The number of methoxy groups -OCH3 is 1. The van der Waals surface area contributed by atoms with Crippen LogP contribution < -0.4 is 10.1 Å². The molecule has 3 rings (SSSR count). The Morgan fingerprint density at radius 3 is 2.68 bits per heavy atom. The Hall–Kier alpha value is -2.96. The molecule has 1 N–H and O–H groups in total. The molecule has 0 saturated carbocycles. The fourth-order valence-electron chi connectivity index (χ4n) is 2.15. The highest BCUT2D eigenvalue weighted by molar-refractivity contribution is 5.93. The highest BCUT2D eigenvalue weighted by atomic mass is 16.5. The van der Waals surface area contributed by atoms with E-state index in [4.69, 9.17) is 4.74 Å². The first kappa shape index (κ1) is 14.0. The van der Waals surface area contributed by atoms with E-state index in [1.54, 1.807) is 0 Å². The normalized spacial score (nSPS) is 10.6. The summed E-state index contributed by atoms with van der Waals surface area (Å²) < 4.78 is 6.82. The largest absolute Gasteiger partial charge is 0.467 e. The van der Waals surface area contributed by atoms with Gasteiger partial charge in [-0.15, -0.1) is 0 Å². The van der Waals surface area contributed by atoms with Gasteiger partial charge in [0, 0.05) is 19.4 Å². The Morgan fingerprint density at radius 2 is 2.00 bits per heavy atom. The summed E-state index contributed by atoms with van der Waals surface area (Å²) in [5.41, 5.74) is 2.31. The summed E-state index contributed by atoms with van der Waals surface area (Å²) in [6, 6.07) is 8.06. The number of nitrogens with one attached hydrogen (secondary N) is 1. The van der Waals surface area contributed by atoms with Gasteiger partial charge in [0.15, 0.2) is 0 Å². The molecule has 1 amide bonds. The summed E-state index contributed by atoms with van der Waals surface area (Å²) in [7, 11) is 3.40. The molecule has 0 atom stereocenters. The van der Waals surface area contributed by atoms with Crippen LogP contribution in [0.3, 0.4) is 0 Å². The van der Waals surface area contributed by atoms with E-state index in [1.165, 1.54) is 19.5 Å². The van der Waals surface area contributed by atoms with E-state index >= 15 is 0 Å². The van der Waals surface area contributed by atoms with E-state index in [-0.39, 0.29) is 11.9 Å². The zero-order chi connectivity index (χ0) is 15.5. The van der Waals surface area contributed by atoms with Crippen molar-refractivity contribution in [3.63, 3.8) is 0 Å². The fourth-order valence-corrected chi connectivity index (χ4v) is 2.15. The molecule has 3 aromatic rings. The Labute approximate surface area is 127 Å². The zero-order valence-corrected chi connectivity index (χ0v) is 12.3. The Balaban J connectivity index is 1.72. The van der Waals surface area contributed by atoms with Crippen molar-refractivity contribution >= 4 is 16.9 Å². The summed E-state index contributed by atoms with van der Waals surface area (Å²) in [6.45, 7) is 0.329. The quantitative estimate of drug-likeness (QED) is 0.785. The molecule has 0 saturated heterocycles. The first-order valence-electron chi connectivity index (χ1n) is 6.73. The standard InChI is InChI=1S/C15H15N5O2/c1-20-12-6-4-3-5-11(12)19-13(20)9-16-14(21)10-7-17-15(22-2)18-8-10/h3-8H,9H2,1-2H3,(H,16,21). The number of hydrogen-bond donors (Lipinski definition) is 1. The Kier molecular flexibility index (Phi) is 3.69. The van der Waals surface area contributed by atoms with E-state index in [0.29, 0.717) is 12.1 Å². The lowest BCUT2D eigenvalue weighted by atomic mass is 10.3. The van der Waals surface area contributed by atoms with Crippen LogP contribution in [0.5, 0.6) is 6.01 Å². The maximum atomic E-state index is 12.1. The molecule has 7 heteroatoms. The molecule has 7 nitrogen and oxygen atoms in total. The number of hydrogen-bond acceptors (Lipinski definition) is 5. The summed E-state index contributed by atoms with van der Waals surface area (Å²) in [5.74, 6) is 0.527. The second-order valence-corrected chi connectivity index (χ2v) is 4.72. The highest BCUT2D eigenvalue weighted by Gasteiger charge is 2.11. The number of amides is 1. The van der Waals surface area contributed by atoms with Gasteiger partial charge in [0.05, 0.1) is 30.3 Å². The number of carbonyl (C=O) groups is 1. The molecule has 1 aromatic carbocycles. The second kappa shape index (κ2) is 5.80. The summed E-state index contributed by atoms with van der Waals surface area (Å²) in [4.78, 5) is 24.4. The predicted molar refractivity (Wildman–Crippen MR) is 80.5 cm³/mol. The number of nitrogens with zero attached hydrogens (tertiary/aromatic N) is 4. The minimum Gasteiger partial charge on any atom is -0.467 e. The third-order valence-electron chi connectivity index (χ3n) is 3.36. The van der Waals surface area contributed by atoms with Crippen LogP contribution in [0, 0.1) is 0 Å². The molecule has 0 aliphatic heterocycles. The zero-order valence-electron chi connectivity index (χ0n) is 12.3. The molecule has 0 bridgehead atoms. The van der Waals surface area contributed by atoms with Gasteiger partial charge in [-0.1, -0.05) is 12.1 Å². The lowest BCUT2D eigenvalue weighted by Crippen LogP contribution is -2.24. The van der Waals surface area contributed by atoms with E-state index in [1.807, 2.05) is 35.9 Å². The van der Waals surface area contributed by atoms with Gasteiger partial charge in [-0.3, -0.25) is 4.79 Å². The third-order valence-corrected chi connectivity index (χ3v) is 3.36. The van der Waals surface area contributed by atoms with Crippen molar-refractivity contribution in [3.8, 4) is 6.01 Å². The summed E-state index contributed by atoms with van der Waals surface area (Å²) in [6.07, 6.45) is 2.85. The number of aromatic nitrogens is 4. The van der Waals surface area contributed by atoms with Crippen LogP contribution in [0.1, 0.15) is 16.2 Å². The van der Waals surface area contributed by atoms with Gasteiger partial charge < -0.3 is 14.6 Å². The van der Waals surface area contributed by atoms with Crippen LogP contribution in [0.25, 0.3) is 11.0 Å². The Bertz CT molecular complexity index is 810. The molecular weight excluding hydrogens is 282 g/mol. The van der Waals surface area contributed by atoms with E-state index in [9.17, 15) is 4.79 Å². The highest BCUT2D eigenvalue weighted by Crippen LogP contribution is 2.14. The third kappa shape index (κ3) is 2.60. The van der Waals surface area contributed by atoms with Crippen LogP contribution in [-0.4, -0.2) is 32.5 Å². The molecule has 0 aliphatic carbocycles. The number of aryl methyl sites for hydroxylation is 1. The minimum atomic E-state index is -0.255. The van der Waals surface area contributed by atoms with Crippen molar-refractivity contribution in [1.29, 1.82) is 0 Å². The van der Waals surface area contributed by atoms with Crippen LogP contribution in [-0.2, 0) is 13.6 Å². The smallest absolute Gasteiger partial charge is 0.316 e. The number of para-hydroxylation sites is 2. The molecule has 0 radical (unpaired) electrons. The summed E-state index contributed by atoms with van der Waals surface area (Å²) >= 11 is 0. The maximum Gasteiger partial charge on any atom is 0.316 e. The molecule has 2 aromatic heterocycles. The van der Waals surface area contributed by atoms with Crippen molar-refractivity contribution < 1.29 is 9.53 Å². The number of carbonyl (C=O) groups excluding carboxylic acids is 1. The van der Waals surface area contributed by atoms with E-state index in [2.05, 4.69) is 20.3 Å². The van der Waals surface area contributed by atoms with Gasteiger partial charge in [0.2, 0.25) is 0 Å². The van der Waals surface area contributed by atoms with Crippen molar-refractivity contribution in [1.82, 2.24) is 24.8 Å². The molecule has 112 valence electrons. The predicted octanol–water partition coefficient (Wildman–Crippen LogP) is 1.30. The average molecular weight is 297 g/mol. The SMILES string of the molecule is COc1ncc(C(=O)NCc2nc3ccccc3n2C)cn1. The number of rotatable bonds is 4. The molecule has 0 aliphatic rings. The van der Waals surface area contributed by atoms with Crippen molar-refractivity contribution in [2.75, 3.05) is 7.11 Å². The van der Waals surface area contributed by atoms with E-state index in [0.717, 1.165) is 16.9 Å². The number of imidazole rings is 1. The second-order valence-electron chi connectivity index (χ2n) is 4.72. The number of ether oxygens (including phenoxy) is 1. The van der Waals surface area contributed by atoms with Crippen molar-refractivity contribution in [3.05, 3.63) is 48.0 Å². The van der Waals surface area contributed by atoms with E-state index < -0.39 is 0 Å². The minimum absolute atomic E-state index is 0.229. The van der Waals surface area contributed by atoms with Gasteiger partial charge in [-0.25, -0.2) is 15.0 Å². The van der Waals surface area contributed by atoms with Gasteiger partial charge >= 0.3 is 6.01 Å². The number of benzene rings is 1. The molecule has 2 heterocycles. The Morgan fingerprint density at radius 1 is 1.27 bits per heavy atom. The average Bonchev–Trinajstić information content (AvgIpc) is 2.89. The van der Waals surface area contributed by atoms with Gasteiger partial charge in [-0.05, 0) is 12.1 Å². The molecular formula is C15H15N5O2.